The van der Waals surface area contributed by atoms with Gasteiger partial charge in [-0.15, -0.1) is 0 Å². The molecule has 1 aromatic heterocycles. The summed E-state index contributed by atoms with van der Waals surface area (Å²) in [5.74, 6) is 1.22. The first-order valence-electron chi connectivity index (χ1n) is 8.65. The molecule has 1 aromatic carbocycles. The first-order valence-corrected chi connectivity index (χ1v) is 9.03. The number of hydrogen-bond donors (Lipinski definition) is 1. The number of piperidine rings is 1. The third-order valence-corrected chi connectivity index (χ3v) is 4.70. The van der Waals surface area contributed by atoms with E-state index in [0.29, 0.717) is 17.3 Å². The fourth-order valence-electron chi connectivity index (χ4n) is 3.09. The van der Waals surface area contributed by atoms with Gasteiger partial charge in [0.2, 0.25) is 0 Å². The van der Waals surface area contributed by atoms with Gasteiger partial charge in [-0.25, -0.2) is 0 Å². The van der Waals surface area contributed by atoms with Gasteiger partial charge in [-0.1, -0.05) is 30.2 Å². The first kappa shape index (κ1) is 17.8. The second-order valence-corrected chi connectivity index (χ2v) is 6.56. The van der Waals surface area contributed by atoms with Crippen molar-refractivity contribution in [2.45, 2.75) is 25.3 Å². The van der Waals surface area contributed by atoms with E-state index < -0.39 is 0 Å². The summed E-state index contributed by atoms with van der Waals surface area (Å²) in [6, 6.07) is 11.0. The number of ether oxygens (including phenoxy) is 1. The maximum atomic E-state index is 12.2. The molecular weight excluding hydrogens is 340 g/mol. The van der Waals surface area contributed by atoms with Gasteiger partial charge >= 0.3 is 0 Å². The van der Waals surface area contributed by atoms with Crippen LogP contribution in [0.25, 0.3) is 0 Å². The number of nitrogens with zero attached hydrogens (tertiary/aromatic N) is 1. The third-order valence-electron chi connectivity index (χ3n) is 4.39. The van der Waals surface area contributed by atoms with E-state index in [-0.39, 0.29) is 18.6 Å². The zero-order valence-corrected chi connectivity index (χ0v) is 14.9. The van der Waals surface area contributed by atoms with Crippen LogP contribution in [0.15, 0.2) is 47.1 Å². The van der Waals surface area contributed by atoms with Crippen molar-refractivity contribution < 1.29 is 13.9 Å². The predicted octanol–water partition coefficient (Wildman–Crippen LogP) is 3.66. The molecule has 5 nitrogen and oxygen atoms in total. The Balaban J connectivity index is 1.53. The molecule has 1 aliphatic rings. The molecule has 1 aliphatic heterocycles. The van der Waals surface area contributed by atoms with Crippen LogP contribution in [0.3, 0.4) is 0 Å². The van der Waals surface area contributed by atoms with E-state index in [2.05, 4.69) is 10.2 Å². The molecule has 0 radical (unpaired) electrons. The normalized spacial score (nSPS) is 16.4. The van der Waals surface area contributed by atoms with Crippen LogP contribution in [0.4, 0.5) is 0 Å². The SMILES string of the molecule is O=C(COc1ccccc1Cl)NC[C@@H](c1ccco1)N1CCCCC1. The molecule has 0 aliphatic carbocycles. The molecule has 3 rings (SSSR count). The second-order valence-electron chi connectivity index (χ2n) is 6.15. The zero-order chi connectivity index (χ0) is 17.5. The molecule has 0 unspecified atom stereocenters. The summed E-state index contributed by atoms with van der Waals surface area (Å²) in [4.78, 5) is 14.5. The highest BCUT2D eigenvalue weighted by molar-refractivity contribution is 6.32. The Hall–Kier alpha value is -1.98. The smallest absolute Gasteiger partial charge is 0.258 e. The summed E-state index contributed by atoms with van der Waals surface area (Å²) in [7, 11) is 0. The number of halogens is 1. The largest absolute Gasteiger partial charge is 0.482 e. The molecule has 2 aromatic rings. The van der Waals surface area contributed by atoms with Gasteiger partial charge < -0.3 is 14.5 Å². The van der Waals surface area contributed by atoms with Gasteiger partial charge in [-0.3, -0.25) is 9.69 Å². The topological polar surface area (TPSA) is 54.7 Å². The van der Waals surface area contributed by atoms with Crippen LogP contribution >= 0.6 is 11.6 Å². The molecule has 0 spiro atoms. The number of carbonyl (C=O) groups excluding carboxylic acids is 1. The minimum Gasteiger partial charge on any atom is -0.482 e. The fourth-order valence-corrected chi connectivity index (χ4v) is 3.28. The molecule has 1 atom stereocenters. The van der Waals surface area contributed by atoms with Crippen LogP contribution in [0.2, 0.25) is 5.02 Å². The van der Waals surface area contributed by atoms with E-state index in [4.69, 9.17) is 20.8 Å². The number of likely N-dealkylation sites (tertiary alicyclic amines) is 1. The van der Waals surface area contributed by atoms with Crippen LogP contribution in [0.1, 0.15) is 31.1 Å². The molecule has 1 fully saturated rings. The van der Waals surface area contributed by atoms with E-state index in [1.54, 1.807) is 18.4 Å². The van der Waals surface area contributed by atoms with E-state index in [9.17, 15) is 4.79 Å². The highest BCUT2D eigenvalue weighted by Crippen LogP contribution is 2.25. The molecule has 2 heterocycles. The van der Waals surface area contributed by atoms with Crippen molar-refractivity contribution in [2.75, 3.05) is 26.2 Å². The van der Waals surface area contributed by atoms with E-state index in [1.165, 1.54) is 19.3 Å². The number of carbonyl (C=O) groups is 1. The molecule has 1 amide bonds. The number of rotatable bonds is 7. The molecule has 1 saturated heterocycles. The van der Waals surface area contributed by atoms with Gasteiger partial charge in [0.05, 0.1) is 17.3 Å². The van der Waals surface area contributed by atoms with Gasteiger partial charge in [0, 0.05) is 6.54 Å². The molecule has 25 heavy (non-hydrogen) atoms. The summed E-state index contributed by atoms with van der Waals surface area (Å²) < 4.78 is 11.1. The molecule has 134 valence electrons. The second kappa shape index (κ2) is 8.92. The third kappa shape index (κ3) is 5.00. The number of benzene rings is 1. The van der Waals surface area contributed by atoms with Crippen molar-refractivity contribution in [3.8, 4) is 5.75 Å². The van der Waals surface area contributed by atoms with Crippen LogP contribution in [-0.2, 0) is 4.79 Å². The van der Waals surface area contributed by atoms with Crippen LogP contribution < -0.4 is 10.1 Å². The number of hydrogen-bond acceptors (Lipinski definition) is 4. The Morgan fingerprint density at radius 3 is 2.72 bits per heavy atom. The van der Waals surface area contributed by atoms with Gasteiger partial charge in [0.25, 0.3) is 5.91 Å². The fraction of sp³-hybridized carbons (Fsp3) is 0.421. The standard InChI is InChI=1S/C19H23ClN2O3/c20-15-7-2-3-8-17(15)25-14-19(23)21-13-16(18-9-6-12-24-18)22-10-4-1-5-11-22/h2-3,6-9,12,16H,1,4-5,10-11,13-14H2,(H,21,23)/t16-/m0/s1. The van der Waals surface area contributed by atoms with Crippen molar-refractivity contribution in [3.63, 3.8) is 0 Å². The van der Waals surface area contributed by atoms with E-state index in [1.807, 2.05) is 24.3 Å². The minimum absolute atomic E-state index is 0.0552. The number of nitrogens with one attached hydrogen (secondary N) is 1. The lowest BCUT2D eigenvalue weighted by atomic mass is 10.1. The van der Waals surface area contributed by atoms with Gasteiger partial charge in [-0.2, -0.15) is 0 Å². The highest BCUT2D eigenvalue weighted by Gasteiger charge is 2.24. The highest BCUT2D eigenvalue weighted by atomic mass is 35.5. The molecule has 0 saturated carbocycles. The Morgan fingerprint density at radius 2 is 2.00 bits per heavy atom. The Bertz CT molecular complexity index is 669. The summed E-state index contributed by atoms with van der Waals surface area (Å²) >= 11 is 6.03. The Labute approximate surface area is 152 Å². The predicted molar refractivity (Wildman–Crippen MR) is 96.8 cm³/mol. The number of para-hydroxylation sites is 1. The molecule has 0 bridgehead atoms. The Kier molecular flexibility index (Phi) is 6.36. The van der Waals surface area contributed by atoms with E-state index in [0.717, 1.165) is 18.8 Å². The lowest BCUT2D eigenvalue weighted by molar-refractivity contribution is -0.123. The van der Waals surface area contributed by atoms with Crippen molar-refractivity contribution in [3.05, 3.63) is 53.4 Å². The maximum Gasteiger partial charge on any atom is 0.258 e. The van der Waals surface area contributed by atoms with Gasteiger partial charge in [-0.05, 0) is 50.2 Å². The molecule has 1 N–H and O–H groups in total. The van der Waals surface area contributed by atoms with Gasteiger partial charge in [0.1, 0.15) is 11.5 Å². The maximum absolute atomic E-state index is 12.2. The summed E-state index contributed by atoms with van der Waals surface area (Å²) in [5, 5.41) is 3.45. The van der Waals surface area contributed by atoms with Crippen LogP contribution in [-0.4, -0.2) is 37.0 Å². The van der Waals surface area contributed by atoms with Crippen molar-refractivity contribution in [1.29, 1.82) is 0 Å². The quantitative estimate of drug-likeness (QED) is 0.816. The zero-order valence-electron chi connectivity index (χ0n) is 14.1. The van der Waals surface area contributed by atoms with Crippen LogP contribution in [0, 0.1) is 0 Å². The lowest BCUT2D eigenvalue weighted by Crippen LogP contribution is -2.41. The minimum atomic E-state index is -0.173. The van der Waals surface area contributed by atoms with E-state index >= 15 is 0 Å². The average Bonchev–Trinajstić information content (AvgIpc) is 3.16. The lowest BCUT2D eigenvalue weighted by Gasteiger charge is -2.33. The molecule has 6 heteroatoms. The molecular formula is C19H23ClN2O3. The number of furan rings is 1. The van der Waals surface area contributed by atoms with Crippen LogP contribution in [0.5, 0.6) is 5.75 Å². The monoisotopic (exact) mass is 362 g/mol. The van der Waals surface area contributed by atoms with Crippen molar-refractivity contribution in [2.24, 2.45) is 0 Å². The summed E-state index contributed by atoms with van der Waals surface area (Å²) in [6.07, 6.45) is 5.30. The Morgan fingerprint density at radius 1 is 1.20 bits per heavy atom. The van der Waals surface area contributed by atoms with Gasteiger partial charge in [0.15, 0.2) is 6.61 Å². The van der Waals surface area contributed by atoms with Crippen molar-refractivity contribution >= 4 is 17.5 Å². The first-order chi connectivity index (χ1) is 12.2. The van der Waals surface area contributed by atoms with Crippen molar-refractivity contribution in [1.82, 2.24) is 10.2 Å². The summed E-state index contributed by atoms with van der Waals surface area (Å²) in [5.41, 5.74) is 0. The number of amides is 1. The average molecular weight is 363 g/mol. The summed E-state index contributed by atoms with van der Waals surface area (Å²) in [6.45, 7) is 2.49.